The first-order valence-electron chi connectivity index (χ1n) is 5.13. The maximum absolute atomic E-state index is 11.6. The van der Waals surface area contributed by atoms with Crippen molar-refractivity contribution in [3.63, 3.8) is 0 Å². The number of carbonyl (C=O) groups is 3. The molecule has 8 nitrogen and oxygen atoms in total. The fourth-order valence-electron chi connectivity index (χ4n) is 1.41. The molecule has 8 heteroatoms. The Balaban J connectivity index is 2.50. The van der Waals surface area contributed by atoms with E-state index in [4.69, 9.17) is 15.6 Å². The molecule has 0 spiro atoms. The zero-order chi connectivity index (χ0) is 12.8. The molecule has 0 bridgehead atoms. The number of ether oxygens (including phenoxy) is 1. The minimum absolute atomic E-state index is 0.175. The van der Waals surface area contributed by atoms with Crippen molar-refractivity contribution in [3.05, 3.63) is 0 Å². The average molecular weight is 245 g/mol. The molecule has 1 aliphatic rings. The molecule has 1 rings (SSSR count). The van der Waals surface area contributed by atoms with Crippen molar-refractivity contribution in [2.24, 2.45) is 5.73 Å². The number of rotatable bonds is 5. The van der Waals surface area contributed by atoms with Gasteiger partial charge in [0.15, 0.2) is 0 Å². The first-order valence-corrected chi connectivity index (χ1v) is 5.13. The Kier molecular flexibility index (Phi) is 4.85. The molecule has 5 N–H and O–H groups in total. The van der Waals surface area contributed by atoms with Crippen molar-refractivity contribution in [2.45, 2.75) is 18.5 Å². The fourth-order valence-corrected chi connectivity index (χ4v) is 1.41. The van der Waals surface area contributed by atoms with Crippen LogP contribution in [0.15, 0.2) is 0 Å². The predicted octanol–water partition coefficient (Wildman–Crippen LogP) is -2.58. The highest BCUT2D eigenvalue weighted by molar-refractivity contribution is 5.90. The molecule has 0 radical (unpaired) electrons. The Morgan fingerprint density at radius 3 is 2.71 bits per heavy atom. The summed E-state index contributed by atoms with van der Waals surface area (Å²) in [4.78, 5) is 33.0. The summed E-state index contributed by atoms with van der Waals surface area (Å²) in [5.74, 6) is -2.60. The second kappa shape index (κ2) is 6.16. The number of morpholine rings is 1. The number of carboxylic acid groups (broad SMARTS) is 1. The van der Waals surface area contributed by atoms with Gasteiger partial charge in [-0.25, -0.2) is 4.79 Å². The van der Waals surface area contributed by atoms with Crippen LogP contribution in [0.2, 0.25) is 0 Å². The van der Waals surface area contributed by atoms with E-state index < -0.39 is 36.3 Å². The second-order valence-electron chi connectivity index (χ2n) is 3.65. The van der Waals surface area contributed by atoms with Crippen molar-refractivity contribution in [2.75, 3.05) is 19.8 Å². The highest BCUT2D eigenvalue weighted by Gasteiger charge is 2.27. The third kappa shape index (κ3) is 4.37. The fraction of sp³-hybridized carbons (Fsp3) is 0.667. The monoisotopic (exact) mass is 245 g/mol. The van der Waals surface area contributed by atoms with Crippen molar-refractivity contribution in [3.8, 4) is 0 Å². The quantitative estimate of drug-likeness (QED) is 0.421. The van der Waals surface area contributed by atoms with Gasteiger partial charge in [0, 0.05) is 6.54 Å². The van der Waals surface area contributed by atoms with Crippen LogP contribution in [0.4, 0.5) is 0 Å². The Morgan fingerprint density at radius 2 is 2.24 bits per heavy atom. The molecule has 1 saturated heterocycles. The Bertz CT molecular complexity index is 314. The van der Waals surface area contributed by atoms with Crippen molar-refractivity contribution < 1.29 is 24.2 Å². The molecule has 0 aromatic carbocycles. The average Bonchev–Trinajstić information content (AvgIpc) is 2.28. The molecular formula is C9H15N3O5. The minimum atomic E-state index is -1.30. The van der Waals surface area contributed by atoms with Crippen LogP contribution in [-0.2, 0) is 19.1 Å². The summed E-state index contributed by atoms with van der Waals surface area (Å²) in [6.07, 6.45) is -0.436. The normalized spacial score (nSPS) is 21.5. The van der Waals surface area contributed by atoms with Gasteiger partial charge in [0.1, 0.15) is 12.1 Å². The van der Waals surface area contributed by atoms with Gasteiger partial charge in [0.05, 0.1) is 19.6 Å². The van der Waals surface area contributed by atoms with E-state index in [9.17, 15) is 14.4 Å². The lowest BCUT2D eigenvalue weighted by atomic mass is 10.1. The largest absolute Gasteiger partial charge is 0.480 e. The van der Waals surface area contributed by atoms with E-state index in [1.54, 1.807) is 0 Å². The molecule has 1 unspecified atom stereocenters. The molecule has 0 aromatic rings. The highest BCUT2D eigenvalue weighted by atomic mass is 16.5. The SMILES string of the molecule is NC(=O)C[C@H](NC(=O)C1COCCN1)C(=O)O. The predicted molar refractivity (Wildman–Crippen MR) is 56.0 cm³/mol. The van der Waals surface area contributed by atoms with Gasteiger partial charge >= 0.3 is 5.97 Å². The van der Waals surface area contributed by atoms with Crippen LogP contribution < -0.4 is 16.4 Å². The van der Waals surface area contributed by atoms with Gasteiger partial charge in [0.25, 0.3) is 0 Å². The number of primary amides is 1. The summed E-state index contributed by atoms with van der Waals surface area (Å²) in [6.45, 7) is 1.20. The van der Waals surface area contributed by atoms with Crippen LogP contribution in [0, 0.1) is 0 Å². The number of aliphatic carboxylic acids is 1. The summed E-state index contributed by atoms with van der Waals surface area (Å²) in [6, 6.07) is -1.90. The van der Waals surface area contributed by atoms with E-state index in [1.807, 2.05) is 0 Å². The molecule has 96 valence electrons. The summed E-state index contributed by atoms with van der Waals surface area (Å²) in [7, 11) is 0. The molecule has 1 heterocycles. The van der Waals surface area contributed by atoms with Gasteiger partial charge < -0.3 is 26.2 Å². The van der Waals surface area contributed by atoms with Crippen LogP contribution >= 0.6 is 0 Å². The van der Waals surface area contributed by atoms with Crippen molar-refractivity contribution in [1.29, 1.82) is 0 Å². The van der Waals surface area contributed by atoms with Crippen LogP contribution in [0.1, 0.15) is 6.42 Å². The van der Waals surface area contributed by atoms with Gasteiger partial charge in [-0.15, -0.1) is 0 Å². The third-order valence-corrected chi connectivity index (χ3v) is 2.26. The lowest BCUT2D eigenvalue weighted by molar-refractivity contribution is -0.144. The van der Waals surface area contributed by atoms with Crippen molar-refractivity contribution >= 4 is 17.8 Å². The van der Waals surface area contributed by atoms with Crippen LogP contribution in [-0.4, -0.2) is 54.7 Å². The number of hydrogen-bond acceptors (Lipinski definition) is 5. The summed E-state index contributed by atoms with van der Waals surface area (Å²) >= 11 is 0. The van der Waals surface area contributed by atoms with E-state index in [2.05, 4.69) is 10.6 Å². The van der Waals surface area contributed by atoms with Crippen molar-refractivity contribution in [1.82, 2.24) is 10.6 Å². The smallest absolute Gasteiger partial charge is 0.326 e. The maximum atomic E-state index is 11.6. The molecule has 0 saturated carbocycles. The van der Waals surface area contributed by atoms with E-state index in [0.717, 1.165) is 0 Å². The first-order chi connectivity index (χ1) is 8.00. The highest BCUT2D eigenvalue weighted by Crippen LogP contribution is 1.97. The van der Waals surface area contributed by atoms with Crippen LogP contribution in [0.25, 0.3) is 0 Å². The lowest BCUT2D eigenvalue weighted by Crippen LogP contribution is -2.55. The number of nitrogens with one attached hydrogen (secondary N) is 2. The Morgan fingerprint density at radius 1 is 1.53 bits per heavy atom. The summed E-state index contributed by atoms with van der Waals surface area (Å²) in [5.41, 5.74) is 4.89. The summed E-state index contributed by atoms with van der Waals surface area (Å²) < 4.78 is 5.06. The molecule has 0 aliphatic carbocycles. The Hall–Kier alpha value is -1.67. The second-order valence-corrected chi connectivity index (χ2v) is 3.65. The number of amides is 2. The number of hydrogen-bond donors (Lipinski definition) is 4. The van der Waals surface area contributed by atoms with Crippen LogP contribution in [0.3, 0.4) is 0 Å². The minimum Gasteiger partial charge on any atom is -0.480 e. The zero-order valence-electron chi connectivity index (χ0n) is 9.14. The van der Waals surface area contributed by atoms with Gasteiger partial charge in [0.2, 0.25) is 11.8 Å². The third-order valence-electron chi connectivity index (χ3n) is 2.26. The van der Waals surface area contributed by atoms with Gasteiger partial charge in [-0.2, -0.15) is 0 Å². The molecule has 17 heavy (non-hydrogen) atoms. The zero-order valence-corrected chi connectivity index (χ0v) is 9.14. The molecule has 0 aromatic heterocycles. The molecular weight excluding hydrogens is 230 g/mol. The Labute approximate surface area is 97.5 Å². The topological polar surface area (TPSA) is 131 Å². The summed E-state index contributed by atoms with van der Waals surface area (Å²) in [5, 5.41) is 13.9. The molecule has 2 amide bonds. The number of carbonyl (C=O) groups excluding carboxylic acids is 2. The van der Waals surface area contributed by atoms with Gasteiger partial charge in [-0.05, 0) is 0 Å². The first kappa shape index (κ1) is 13.4. The number of nitrogens with two attached hydrogens (primary N) is 1. The van der Waals surface area contributed by atoms with Gasteiger partial charge in [-0.1, -0.05) is 0 Å². The number of carboxylic acids is 1. The van der Waals surface area contributed by atoms with E-state index >= 15 is 0 Å². The molecule has 1 aliphatic heterocycles. The molecule has 2 atom stereocenters. The van der Waals surface area contributed by atoms with E-state index in [1.165, 1.54) is 0 Å². The van der Waals surface area contributed by atoms with E-state index in [0.29, 0.717) is 13.2 Å². The lowest BCUT2D eigenvalue weighted by Gasteiger charge is -2.24. The van der Waals surface area contributed by atoms with Gasteiger partial charge in [-0.3, -0.25) is 9.59 Å². The van der Waals surface area contributed by atoms with E-state index in [-0.39, 0.29) is 6.61 Å². The maximum Gasteiger partial charge on any atom is 0.326 e. The molecule has 1 fully saturated rings. The van der Waals surface area contributed by atoms with Crippen LogP contribution in [0.5, 0.6) is 0 Å². The standard InChI is InChI=1S/C9H15N3O5/c10-7(13)3-5(9(15)16)12-8(14)6-4-17-2-1-11-6/h5-6,11H,1-4H2,(H2,10,13)(H,12,14)(H,15,16)/t5-,6?/m0/s1.